The van der Waals surface area contributed by atoms with Crippen molar-refractivity contribution in [1.82, 2.24) is 0 Å². The van der Waals surface area contributed by atoms with Crippen molar-refractivity contribution in [2.24, 2.45) is 0 Å². The lowest BCUT2D eigenvalue weighted by atomic mass is 9.78. The molecule has 0 unspecified atom stereocenters. The first kappa shape index (κ1) is 10.3. The van der Waals surface area contributed by atoms with Crippen LogP contribution in [-0.2, 0) is 0 Å². The minimum absolute atomic E-state index is 0.0739. The fourth-order valence-corrected chi connectivity index (χ4v) is 1.77. The van der Waals surface area contributed by atoms with E-state index in [1.807, 2.05) is 0 Å². The molecule has 0 heterocycles. The molecule has 2 rings (SSSR count). The summed E-state index contributed by atoms with van der Waals surface area (Å²) < 4.78 is 0. The summed E-state index contributed by atoms with van der Waals surface area (Å²) in [6.07, 6.45) is 0. The second-order valence-corrected chi connectivity index (χ2v) is 3.62. The standard InChI is InChI=1S/C10H8BClO3/c12-9-3-1-2-7-6(9)4-5-8(10(7)13)11(14)15/h1-5,13-15H. The molecule has 0 aliphatic rings. The molecule has 3 N–H and O–H groups in total. The molecule has 0 bridgehead atoms. The van der Waals surface area contributed by atoms with Crippen molar-refractivity contribution in [1.29, 1.82) is 0 Å². The van der Waals surface area contributed by atoms with Crippen LogP contribution < -0.4 is 5.46 Å². The zero-order valence-corrected chi connectivity index (χ0v) is 8.44. The number of halogens is 1. The van der Waals surface area contributed by atoms with Gasteiger partial charge in [0.25, 0.3) is 0 Å². The third-order valence-corrected chi connectivity index (χ3v) is 2.62. The van der Waals surface area contributed by atoms with E-state index >= 15 is 0 Å². The van der Waals surface area contributed by atoms with Gasteiger partial charge in [-0.25, -0.2) is 0 Å². The number of rotatable bonds is 1. The molecule has 76 valence electrons. The Kier molecular flexibility index (Phi) is 2.56. The average molecular weight is 222 g/mol. The van der Waals surface area contributed by atoms with Gasteiger partial charge >= 0.3 is 7.12 Å². The van der Waals surface area contributed by atoms with Crippen molar-refractivity contribution in [3.63, 3.8) is 0 Å². The van der Waals surface area contributed by atoms with Gasteiger partial charge in [-0.3, -0.25) is 0 Å². The molecule has 2 aromatic rings. The van der Waals surface area contributed by atoms with Crippen LogP contribution in [0.4, 0.5) is 0 Å². The monoisotopic (exact) mass is 222 g/mol. The highest BCUT2D eigenvalue weighted by Gasteiger charge is 2.18. The van der Waals surface area contributed by atoms with Crippen LogP contribution >= 0.6 is 11.6 Å². The summed E-state index contributed by atoms with van der Waals surface area (Å²) >= 11 is 5.92. The Labute approximate surface area is 91.7 Å². The van der Waals surface area contributed by atoms with Crippen molar-refractivity contribution in [3.05, 3.63) is 35.4 Å². The summed E-state index contributed by atoms with van der Waals surface area (Å²) in [5.74, 6) is -0.148. The number of hydrogen-bond donors (Lipinski definition) is 3. The van der Waals surface area contributed by atoms with Gasteiger partial charge in [0, 0.05) is 21.3 Å². The predicted octanol–water partition coefficient (Wildman–Crippen LogP) is 0.879. The number of phenols is 1. The molecule has 2 aromatic carbocycles. The Morgan fingerprint density at radius 2 is 1.73 bits per heavy atom. The third kappa shape index (κ3) is 1.67. The first-order valence-electron chi connectivity index (χ1n) is 4.37. The molecule has 0 fully saturated rings. The van der Waals surface area contributed by atoms with E-state index in [1.54, 1.807) is 24.3 Å². The van der Waals surface area contributed by atoms with Crippen molar-refractivity contribution in [2.45, 2.75) is 0 Å². The van der Waals surface area contributed by atoms with Crippen LogP contribution in [0.2, 0.25) is 5.02 Å². The van der Waals surface area contributed by atoms with Crippen LogP contribution in [0.1, 0.15) is 0 Å². The second-order valence-electron chi connectivity index (χ2n) is 3.21. The SMILES string of the molecule is OB(O)c1ccc2c(Cl)cccc2c1O. The van der Waals surface area contributed by atoms with E-state index < -0.39 is 7.12 Å². The van der Waals surface area contributed by atoms with Crippen LogP contribution in [0, 0.1) is 0 Å². The highest BCUT2D eigenvalue weighted by molar-refractivity contribution is 6.60. The maximum atomic E-state index is 9.77. The summed E-state index contributed by atoms with van der Waals surface area (Å²) in [5, 5.41) is 29.5. The van der Waals surface area contributed by atoms with E-state index in [4.69, 9.17) is 21.6 Å². The zero-order chi connectivity index (χ0) is 11.0. The lowest BCUT2D eigenvalue weighted by molar-refractivity contribution is 0.420. The summed E-state index contributed by atoms with van der Waals surface area (Å²) in [4.78, 5) is 0. The fourth-order valence-electron chi connectivity index (χ4n) is 1.53. The Morgan fingerprint density at radius 1 is 1.00 bits per heavy atom. The molecule has 0 radical (unpaired) electrons. The number of aromatic hydroxyl groups is 1. The van der Waals surface area contributed by atoms with Crippen molar-refractivity contribution < 1.29 is 15.2 Å². The van der Waals surface area contributed by atoms with Gasteiger partial charge < -0.3 is 15.2 Å². The topological polar surface area (TPSA) is 60.7 Å². The maximum Gasteiger partial charge on any atom is 0.492 e. The first-order valence-corrected chi connectivity index (χ1v) is 4.75. The van der Waals surface area contributed by atoms with Gasteiger partial charge in [0.1, 0.15) is 5.75 Å². The summed E-state index contributed by atoms with van der Waals surface area (Å²) in [6, 6.07) is 8.15. The molecule has 0 saturated heterocycles. The van der Waals surface area contributed by atoms with Crippen LogP contribution in [0.3, 0.4) is 0 Å². The normalized spacial score (nSPS) is 10.6. The van der Waals surface area contributed by atoms with E-state index in [-0.39, 0.29) is 11.2 Å². The zero-order valence-electron chi connectivity index (χ0n) is 7.68. The van der Waals surface area contributed by atoms with Crippen molar-refractivity contribution in [3.8, 4) is 5.75 Å². The van der Waals surface area contributed by atoms with Crippen LogP contribution in [0.15, 0.2) is 30.3 Å². The third-order valence-electron chi connectivity index (χ3n) is 2.29. The second kappa shape index (κ2) is 3.74. The highest BCUT2D eigenvalue weighted by atomic mass is 35.5. The van der Waals surface area contributed by atoms with E-state index in [1.165, 1.54) is 6.07 Å². The highest BCUT2D eigenvalue weighted by Crippen LogP contribution is 2.28. The van der Waals surface area contributed by atoms with E-state index in [9.17, 15) is 5.11 Å². The smallest absolute Gasteiger partial charge is 0.492 e. The van der Waals surface area contributed by atoms with Gasteiger partial charge in [-0.1, -0.05) is 35.9 Å². The first-order chi connectivity index (χ1) is 7.11. The van der Waals surface area contributed by atoms with Gasteiger partial charge in [0.15, 0.2) is 0 Å². The van der Waals surface area contributed by atoms with Gasteiger partial charge in [0.2, 0.25) is 0 Å². The summed E-state index contributed by atoms with van der Waals surface area (Å²) in [5.41, 5.74) is 0.0739. The number of benzene rings is 2. The molecule has 0 spiro atoms. The molecule has 0 saturated carbocycles. The van der Waals surface area contributed by atoms with Crippen molar-refractivity contribution >= 4 is 35.0 Å². The van der Waals surface area contributed by atoms with E-state index in [2.05, 4.69) is 0 Å². The summed E-state index contributed by atoms with van der Waals surface area (Å²) in [7, 11) is -1.69. The van der Waals surface area contributed by atoms with E-state index in [0.29, 0.717) is 15.8 Å². The number of hydrogen-bond acceptors (Lipinski definition) is 3. The molecule has 0 amide bonds. The van der Waals surface area contributed by atoms with Gasteiger partial charge in [0.05, 0.1) is 0 Å². The lowest BCUT2D eigenvalue weighted by Crippen LogP contribution is -2.29. The predicted molar refractivity (Wildman–Crippen MR) is 60.4 cm³/mol. The van der Waals surface area contributed by atoms with Gasteiger partial charge in [-0.15, -0.1) is 0 Å². The molecule has 3 nitrogen and oxygen atoms in total. The number of fused-ring (bicyclic) bond motifs is 1. The largest absolute Gasteiger partial charge is 0.508 e. The van der Waals surface area contributed by atoms with Crippen LogP contribution in [0.5, 0.6) is 5.75 Å². The molecule has 15 heavy (non-hydrogen) atoms. The molecule has 5 heteroatoms. The summed E-state index contributed by atoms with van der Waals surface area (Å²) in [6.45, 7) is 0. The Hall–Kier alpha value is -1.23. The Balaban J connectivity index is 2.80. The minimum Gasteiger partial charge on any atom is -0.508 e. The lowest BCUT2D eigenvalue weighted by Gasteiger charge is -2.07. The fraction of sp³-hybridized carbons (Fsp3) is 0. The Morgan fingerprint density at radius 3 is 2.40 bits per heavy atom. The maximum absolute atomic E-state index is 9.77. The molecular formula is C10H8BClO3. The van der Waals surface area contributed by atoms with E-state index in [0.717, 1.165) is 0 Å². The van der Waals surface area contributed by atoms with Crippen LogP contribution in [0.25, 0.3) is 10.8 Å². The van der Waals surface area contributed by atoms with Crippen molar-refractivity contribution in [2.75, 3.05) is 0 Å². The average Bonchev–Trinajstić information content (AvgIpc) is 2.19. The molecule has 0 aliphatic heterocycles. The van der Waals surface area contributed by atoms with Gasteiger partial charge in [-0.05, 0) is 6.07 Å². The number of phenolic OH excluding ortho intramolecular Hbond substituents is 1. The minimum atomic E-state index is -1.69. The molecule has 0 aliphatic carbocycles. The van der Waals surface area contributed by atoms with Crippen LogP contribution in [-0.4, -0.2) is 22.3 Å². The molecular weight excluding hydrogens is 214 g/mol. The molecule has 0 aromatic heterocycles. The Bertz CT molecular complexity index is 513. The molecule has 0 atom stereocenters. The quantitative estimate of drug-likeness (QED) is 0.628. The van der Waals surface area contributed by atoms with Gasteiger partial charge in [-0.2, -0.15) is 0 Å².